The number of aromatic nitrogens is 2. The van der Waals surface area contributed by atoms with Crippen LogP contribution < -0.4 is 0 Å². The first-order valence-corrected chi connectivity index (χ1v) is 7.82. The summed E-state index contributed by atoms with van der Waals surface area (Å²) in [5.41, 5.74) is 1.03. The number of hydrogen-bond donors (Lipinski definition) is 0. The number of hydrogen-bond acceptors (Lipinski definition) is 1. The van der Waals surface area contributed by atoms with Crippen molar-refractivity contribution in [3.05, 3.63) is 62.9 Å². The lowest BCUT2D eigenvalue weighted by atomic mass is 10.1. The van der Waals surface area contributed by atoms with Crippen molar-refractivity contribution in [3.63, 3.8) is 0 Å². The minimum absolute atomic E-state index is 0.110. The molecule has 0 saturated heterocycles. The predicted molar refractivity (Wildman–Crippen MR) is 88.6 cm³/mol. The van der Waals surface area contributed by atoms with Gasteiger partial charge in [-0.05, 0) is 36.2 Å². The SMILES string of the molecule is Cc1c(C(F)(F)F)ccc2c1nc(Cc1c(Cl)[c]ccc1Cl)n2C. The van der Waals surface area contributed by atoms with Crippen LogP contribution in [-0.2, 0) is 19.6 Å². The van der Waals surface area contributed by atoms with Gasteiger partial charge in [0.25, 0.3) is 0 Å². The van der Waals surface area contributed by atoms with Gasteiger partial charge in [0.2, 0.25) is 0 Å². The number of imidazole rings is 1. The summed E-state index contributed by atoms with van der Waals surface area (Å²) in [7, 11) is 1.76. The van der Waals surface area contributed by atoms with Gasteiger partial charge < -0.3 is 4.57 Å². The summed E-state index contributed by atoms with van der Waals surface area (Å²) in [4.78, 5) is 4.40. The first-order valence-electron chi connectivity index (χ1n) is 7.07. The zero-order valence-electron chi connectivity index (χ0n) is 12.8. The van der Waals surface area contributed by atoms with Gasteiger partial charge >= 0.3 is 6.18 Å². The van der Waals surface area contributed by atoms with Gasteiger partial charge in [-0.2, -0.15) is 13.2 Å². The summed E-state index contributed by atoms with van der Waals surface area (Å²) in [5.74, 6) is 0.579. The highest BCUT2D eigenvalue weighted by Gasteiger charge is 2.33. The largest absolute Gasteiger partial charge is 0.416 e. The summed E-state index contributed by atoms with van der Waals surface area (Å²) < 4.78 is 40.9. The Balaban J connectivity index is 2.14. The van der Waals surface area contributed by atoms with E-state index in [1.165, 1.54) is 13.0 Å². The maximum atomic E-state index is 13.1. The average molecular weight is 372 g/mol. The second-order valence-electron chi connectivity index (χ2n) is 5.49. The topological polar surface area (TPSA) is 17.8 Å². The number of aryl methyl sites for hydroxylation is 2. The van der Waals surface area contributed by atoms with Crippen LogP contribution in [0.2, 0.25) is 10.0 Å². The van der Waals surface area contributed by atoms with Crippen LogP contribution >= 0.6 is 23.2 Å². The molecule has 2 nitrogen and oxygen atoms in total. The molecule has 0 unspecified atom stereocenters. The zero-order chi connectivity index (χ0) is 17.6. The maximum absolute atomic E-state index is 13.1. The molecule has 0 aliphatic rings. The molecule has 0 N–H and O–H groups in total. The fourth-order valence-corrected chi connectivity index (χ4v) is 3.21. The van der Waals surface area contributed by atoms with E-state index in [0.29, 0.717) is 38.9 Å². The highest BCUT2D eigenvalue weighted by atomic mass is 35.5. The molecule has 0 bridgehead atoms. The van der Waals surface area contributed by atoms with Gasteiger partial charge in [-0.1, -0.05) is 29.3 Å². The molecule has 0 aliphatic heterocycles. The van der Waals surface area contributed by atoms with Crippen LogP contribution in [0.1, 0.15) is 22.5 Å². The number of alkyl halides is 3. The molecule has 24 heavy (non-hydrogen) atoms. The number of halogens is 5. The summed E-state index contributed by atoms with van der Waals surface area (Å²) in [5, 5.41) is 0.848. The van der Waals surface area contributed by atoms with Crippen LogP contribution in [0.4, 0.5) is 13.2 Å². The minimum Gasteiger partial charge on any atom is -0.331 e. The third kappa shape index (κ3) is 2.87. The molecule has 7 heteroatoms. The number of nitrogens with zero attached hydrogens (tertiary/aromatic N) is 2. The van der Waals surface area contributed by atoms with Crippen molar-refractivity contribution in [2.24, 2.45) is 7.05 Å². The van der Waals surface area contributed by atoms with Gasteiger partial charge in [0.1, 0.15) is 5.82 Å². The number of rotatable bonds is 2. The Labute approximate surface area is 146 Å². The Bertz CT molecular complexity index is 909. The minimum atomic E-state index is -4.41. The van der Waals surface area contributed by atoms with E-state index >= 15 is 0 Å². The Morgan fingerprint density at radius 3 is 2.54 bits per heavy atom. The first-order chi connectivity index (χ1) is 11.2. The molecular weight excluding hydrogens is 360 g/mol. The van der Waals surface area contributed by atoms with E-state index in [2.05, 4.69) is 11.1 Å². The fraction of sp³-hybridized carbons (Fsp3) is 0.235. The molecule has 1 radical (unpaired) electrons. The Morgan fingerprint density at radius 2 is 1.92 bits per heavy atom. The Hall–Kier alpha value is -1.72. The van der Waals surface area contributed by atoms with Crippen LogP contribution in [0.3, 0.4) is 0 Å². The summed E-state index contributed by atoms with van der Waals surface area (Å²) in [6, 6.07) is 8.64. The van der Waals surface area contributed by atoms with E-state index in [1.54, 1.807) is 23.7 Å². The summed E-state index contributed by atoms with van der Waals surface area (Å²) in [6.07, 6.45) is -4.10. The van der Waals surface area contributed by atoms with Gasteiger partial charge in [0.15, 0.2) is 0 Å². The van der Waals surface area contributed by atoms with Crippen LogP contribution in [0, 0.1) is 13.0 Å². The smallest absolute Gasteiger partial charge is 0.331 e. The monoisotopic (exact) mass is 371 g/mol. The summed E-state index contributed by atoms with van der Waals surface area (Å²) >= 11 is 12.3. The lowest BCUT2D eigenvalue weighted by Gasteiger charge is -2.10. The molecule has 0 spiro atoms. The van der Waals surface area contributed by atoms with Gasteiger partial charge in [0, 0.05) is 24.6 Å². The molecule has 0 amide bonds. The van der Waals surface area contributed by atoms with Crippen molar-refractivity contribution in [2.45, 2.75) is 19.5 Å². The van der Waals surface area contributed by atoms with E-state index < -0.39 is 11.7 Å². The number of fused-ring (bicyclic) bond motifs is 1. The average Bonchev–Trinajstić information content (AvgIpc) is 2.80. The Kier molecular flexibility index (Phi) is 4.26. The van der Waals surface area contributed by atoms with Crippen molar-refractivity contribution in [3.8, 4) is 0 Å². The van der Waals surface area contributed by atoms with Crippen molar-refractivity contribution in [2.75, 3.05) is 0 Å². The molecule has 3 aromatic rings. The van der Waals surface area contributed by atoms with Crippen LogP contribution in [-0.4, -0.2) is 9.55 Å². The van der Waals surface area contributed by atoms with E-state index in [0.717, 1.165) is 6.07 Å². The quantitative estimate of drug-likeness (QED) is 0.573. The van der Waals surface area contributed by atoms with Gasteiger partial charge in [-0.3, -0.25) is 0 Å². The lowest BCUT2D eigenvalue weighted by Crippen LogP contribution is -2.07. The third-order valence-corrected chi connectivity index (χ3v) is 4.72. The van der Waals surface area contributed by atoms with Crippen LogP contribution in [0.5, 0.6) is 0 Å². The van der Waals surface area contributed by atoms with E-state index in [4.69, 9.17) is 23.2 Å². The van der Waals surface area contributed by atoms with Gasteiger partial charge in [-0.15, -0.1) is 0 Å². The highest BCUT2D eigenvalue weighted by Crippen LogP contribution is 2.35. The zero-order valence-corrected chi connectivity index (χ0v) is 14.3. The normalized spacial score (nSPS) is 12.1. The van der Waals surface area contributed by atoms with E-state index in [1.807, 2.05) is 0 Å². The lowest BCUT2D eigenvalue weighted by molar-refractivity contribution is -0.137. The van der Waals surface area contributed by atoms with Crippen molar-refractivity contribution < 1.29 is 13.2 Å². The van der Waals surface area contributed by atoms with Crippen LogP contribution in [0.15, 0.2) is 24.3 Å². The van der Waals surface area contributed by atoms with Gasteiger partial charge in [-0.25, -0.2) is 4.98 Å². The molecule has 2 aromatic carbocycles. The molecule has 0 aliphatic carbocycles. The van der Waals surface area contributed by atoms with Crippen molar-refractivity contribution >= 4 is 34.2 Å². The molecule has 1 aromatic heterocycles. The molecule has 0 fully saturated rings. The number of benzene rings is 2. The molecule has 125 valence electrons. The van der Waals surface area contributed by atoms with E-state index in [9.17, 15) is 13.2 Å². The highest BCUT2D eigenvalue weighted by molar-refractivity contribution is 6.35. The standard InChI is InChI=1S/C17H12Cl2F3N2/c1-9-11(17(20,21)22)6-7-14-16(9)23-15(24(14)2)8-10-12(18)4-3-5-13(10)19/h3-4,6-7H,8H2,1-2H3. The molecule has 0 saturated carbocycles. The second kappa shape index (κ2) is 5.97. The molecule has 3 rings (SSSR count). The fourth-order valence-electron chi connectivity index (χ4n) is 2.71. The maximum Gasteiger partial charge on any atom is 0.416 e. The molecule has 1 heterocycles. The van der Waals surface area contributed by atoms with Crippen molar-refractivity contribution in [1.29, 1.82) is 0 Å². The summed E-state index contributed by atoms with van der Waals surface area (Å²) in [6.45, 7) is 1.43. The second-order valence-corrected chi connectivity index (χ2v) is 6.27. The molecule has 0 atom stereocenters. The van der Waals surface area contributed by atoms with Gasteiger partial charge in [0.05, 0.1) is 21.6 Å². The van der Waals surface area contributed by atoms with Crippen molar-refractivity contribution in [1.82, 2.24) is 9.55 Å². The van der Waals surface area contributed by atoms with Crippen LogP contribution in [0.25, 0.3) is 11.0 Å². The third-order valence-electron chi connectivity index (χ3n) is 4.03. The predicted octanol–water partition coefficient (Wildman–Crippen LogP) is 5.60. The molecular formula is C17H12Cl2F3N2. The van der Waals surface area contributed by atoms with E-state index in [-0.39, 0.29) is 5.56 Å². The Morgan fingerprint density at radius 1 is 1.21 bits per heavy atom. The first kappa shape index (κ1) is 17.1.